The first kappa shape index (κ1) is 15.3. The molecular weight excluding hydrogens is 268 g/mol. The van der Waals surface area contributed by atoms with Gasteiger partial charge in [0.05, 0.1) is 5.56 Å². The Bertz CT molecular complexity index is 606. The second-order valence-electron chi connectivity index (χ2n) is 6.23. The van der Waals surface area contributed by atoms with Crippen molar-refractivity contribution in [2.24, 2.45) is 0 Å². The number of carbonyl (C=O) groups excluding carboxylic acids is 1. The fraction of sp³-hybridized carbons (Fsp3) is 0.412. The van der Waals surface area contributed by atoms with Gasteiger partial charge in [0.25, 0.3) is 0 Å². The molecule has 0 amide bonds. The Morgan fingerprint density at radius 3 is 2.57 bits per heavy atom. The summed E-state index contributed by atoms with van der Waals surface area (Å²) in [6.45, 7) is 5.49. The highest BCUT2D eigenvalue weighted by atomic mass is 16.6. The van der Waals surface area contributed by atoms with Gasteiger partial charge in [-0.15, -0.1) is 0 Å². The van der Waals surface area contributed by atoms with Crippen LogP contribution in [0, 0.1) is 0 Å². The Hall–Kier alpha value is -2.10. The Morgan fingerprint density at radius 1 is 1.24 bits per heavy atom. The number of benzene rings is 1. The molecule has 0 unspecified atom stereocenters. The summed E-state index contributed by atoms with van der Waals surface area (Å²) in [6, 6.07) is 5.06. The second-order valence-corrected chi connectivity index (χ2v) is 6.23. The van der Waals surface area contributed by atoms with Crippen molar-refractivity contribution in [1.29, 1.82) is 0 Å². The van der Waals surface area contributed by atoms with Crippen LogP contribution in [-0.4, -0.2) is 22.6 Å². The minimum absolute atomic E-state index is 0.285. The third-order valence-electron chi connectivity index (χ3n) is 3.29. The average Bonchev–Trinajstić information content (AvgIpc) is 2.36. The van der Waals surface area contributed by atoms with E-state index in [4.69, 9.17) is 9.84 Å². The van der Waals surface area contributed by atoms with Gasteiger partial charge in [-0.1, -0.05) is 6.07 Å². The van der Waals surface area contributed by atoms with Crippen LogP contribution in [0.15, 0.2) is 24.3 Å². The number of hydrogen-bond donors (Lipinski definition) is 1. The lowest BCUT2D eigenvalue weighted by molar-refractivity contribution is -0.148. The number of hydrogen-bond acceptors (Lipinski definition) is 3. The van der Waals surface area contributed by atoms with Gasteiger partial charge in [-0.2, -0.15) is 0 Å². The van der Waals surface area contributed by atoms with Crippen LogP contribution >= 0.6 is 0 Å². The summed E-state index contributed by atoms with van der Waals surface area (Å²) < 4.78 is 5.31. The molecule has 1 aliphatic carbocycles. The van der Waals surface area contributed by atoms with Gasteiger partial charge in [0.15, 0.2) is 0 Å². The van der Waals surface area contributed by atoms with E-state index in [0.717, 1.165) is 36.0 Å². The standard InChI is InChI=1S/C17H20O4/c1-17(2,3)21-15(18)10-12-6-4-5-11-9-13(16(19)20)7-8-14(11)12/h7-10H,4-6H2,1-3H3,(H,19,20)/b12-10+. The molecule has 0 atom stereocenters. The fourth-order valence-electron chi connectivity index (χ4n) is 2.47. The first-order chi connectivity index (χ1) is 9.76. The summed E-state index contributed by atoms with van der Waals surface area (Å²) in [6.07, 6.45) is 4.08. The summed E-state index contributed by atoms with van der Waals surface area (Å²) in [5.41, 5.74) is 2.63. The molecule has 0 spiro atoms. The molecule has 4 heteroatoms. The summed E-state index contributed by atoms with van der Waals surface area (Å²) in [7, 11) is 0. The number of esters is 1. The third-order valence-corrected chi connectivity index (χ3v) is 3.29. The summed E-state index contributed by atoms with van der Waals surface area (Å²) >= 11 is 0. The van der Waals surface area contributed by atoms with Crippen LogP contribution in [0.4, 0.5) is 0 Å². The zero-order chi connectivity index (χ0) is 15.6. The molecule has 1 aromatic rings. The number of ether oxygens (including phenoxy) is 1. The minimum atomic E-state index is -0.930. The largest absolute Gasteiger partial charge is 0.478 e. The zero-order valence-electron chi connectivity index (χ0n) is 12.6. The van der Waals surface area contributed by atoms with Gasteiger partial charge in [0.1, 0.15) is 5.60 Å². The van der Waals surface area contributed by atoms with E-state index in [1.54, 1.807) is 18.2 Å². The summed E-state index contributed by atoms with van der Waals surface area (Å²) in [4.78, 5) is 22.9. The number of aromatic carboxylic acids is 1. The highest BCUT2D eigenvalue weighted by Gasteiger charge is 2.19. The summed E-state index contributed by atoms with van der Waals surface area (Å²) in [5, 5.41) is 9.04. The lowest BCUT2D eigenvalue weighted by Crippen LogP contribution is -2.23. The van der Waals surface area contributed by atoms with E-state index in [0.29, 0.717) is 0 Å². The van der Waals surface area contributed by atoms with Gasteiger partial charge in [-0.05, 0) is 68.9 Å². The van der Waals surface area contributed by atoms with Gasteiger partial charge in [0.2, 0.25) is 0 Å². The first-order valence-corrected chi connectivity index (χ1v) is 7.06. The molecule has 0 fully saturated rings. The van der Waals surface area contributed by atoms with E-state index in [1.807, 2.05) is 20.8 Å². The monoisotopic (exact) mass is 288 g/mol. The number of rotatable bonds is 2. The van der Waals surface area contributed by atoms with E-state index in [9.17, 15) is 9.59 Å². The van der Waals surface area contributed by atoms with Crippen molar-refractivity contribution in [2.45, 2.75) is 45.6 Å². The van der Waals surface area contributed by atoms with Gasteiger partial charge in [-0.25, -0.2) is 9.59 Å². The van der Waals surface area contributed by atoms with Crippen molar-refractivity contribution >= 4 is 17.5 Å². The number of fused-ring (bicyclic) bond motifs is 1. The lowest BCUT2D eigenvalue weighted by Gasteiger charge is -2.21. The molecule has 1 N–H and O–H groups in total. The highest BCUT2D eigenvalue weighted by Crippen LogP contribution is 2.31. The number of carboxylic acid groups (broad SMARTS) is 1. The van der Waals surface area contributed by atoms with Crippen LogP contribution < -0.4 is 0 Å². The summed E-state index contributed by atoms with van der Waals surface area (Å²) in [5.74, 6) is -1.28. The lowest BCUT2D eigenvalue weighted by atomic mass is 9.86. The smallest absolute Gasteiger partial charge is 0.335 e. The molecule has 4 nitrogen and oxygen atoms in total. The average molecular weight is 288 g/mol. The Balaban J connectivity index is 2.30. The number of aryl methyl sites for hydroxylation is 1. The van der Waals surface area contributed by atoms with E-state index in [2.05, 4.69) is 0 Å². The maximum absolute atomic E-state index is 11.9. The van der Waals surface area contributed by atoms with Crippen LogP contribution in [-0.2, 0) is 16.0 Å². The Kier molecular flexibility index (Phi) is 4.16. The molecule has 2 rings (SSSR count). The van der Waals surface area contributed by atoms with Crippen molar-refractivity contribution < 1.29 is 19.4 Å². The van der Waals surface area contributed by atoms with Gasteiger partial charge >= 0.3 is 11.9 Å². The normalized spacial score (nSPS) is 16.4. The van der Waals surface area contributed by atoms with Crippen molar-refractivity contribution in [2.75, 3.05) is 0 Å². The van der Waals surface area contributed by atoms with Crippen molar-refractivity contribution in [3.63, 3.8) is 0 Å². The molecule has 0 radical (unpaired) electrons. The predicted octanol–water partition coefficient (Wildman–Crippen LogP) is 3.45. The molecule has 1 aliphatic rings. The van der Waals surface area contributed by atoms with E-state index < -0.39 is 11.6 Å². The minimum Gasteiger partial charge on any atom is -0.478 e. The molecule has 112 valence electrons. The van der Waals surface area contributed by atoms with Crippen molar-refractivity contribution in [3.05, 3.63) is 41.0 Å². The molecule has 0 aromatic heterocycles. The van der Waals surface area contributed by atoms with E-state index in [-0.39, 0.29) is 11.5 Å². The molecule has 0 heterocycles. The van der Waals surface area contributed by atoms with E-state index in [1.165, 1.54) is 6.08 Å². The van der Waals surface area contributed by atoms with Crippen LogP contribution in [0.1, 0.15) is 55.1 Å². The molecule has 0 bridgehead atoms. The van der Waals surface area contributed by atoms with Crippen molar-refractivity contribution in [3.8, 4) is 0 Å². The molecule has 0 saturated heterocycles. The van der Waals surface area contributed by atoms with Gasteiger partial charge in [0, 0.05) is 6.08 Å². The molecule has 1 aromatic carbocycles. The topological polar surface area (TPSA) is 63.6 Å². The van der Waals surface area contributed by atoms with Crippen LogP contribution in [0.2, 0.25) is 0 Å². The molecule has 21 heavy (non-hydrogen) atoms. The van der Waals surface area contributed by atoms with Crippen LogP contribution in [0.3, 0.4) is 0 Å². The number of allylic oxidation sites excluding steroid dienone is 1. The third kappa shape index (κ3) is 3.94. The second kappa shape index (κ2) is 5.72. The van der Waals surface area contributed by atoms with E-state index >= 15 is 0 Å². The highest BCUT2D eigenvalue weighted by molar-refractivity contribution is 5.93. The van der Waals surface area contributed by atoms with Crippen LogP contribution in [0.5, 0.6) is 0 Å². The van der Waals surface area contributed by atoms with Gasteiger partial charge in [-0.3, -0.25) is 0 Å². The van der Waals surface area contributed by atoms with Gasteiger partial charge < -0.3 is 9.84 Å². The molecular formula is C17H20O4. The van der Waals surface area contributed by atoms with Crippen molar-refractivity contribution in [1.82, 2.24) is 0 Å². The Labute approximate surface area is 124 Å². The first-order valence-electron chi connectivity index (χ1n) is 7.06. The fourth-order valence-corrected chi connectivity index (χ4v) is 2.47. The Morgan fingerprint density at radius 2 is 1.95 bits per heavy atom. The molecule has 0 saturated carbocycles. The number of carbonyl (C=O) groups is 2. The molecule has 0 aliphatic heterocycles. The van der Waals surface area contributed by atoms with Crippen LogP contribution in [0.25, 0.3) is 5.57 Å². The maximum atomic E-state index is 11.9. The maximum Gasteiger partial charge on any atom is 0.335 e. The zero-order valence-corrected chi connectivity index (χ0v) is 12.6. The predicted molar refractivity (Wildman–Crippen MR) is 80.2 cm³/mol. The quantitative estimate of drug-likeness (QED) is 0.668. The number of carboxylic acids is 1. The SMILES string of the molecule is CC(C)(C)OC(=O)/C=C1\CCCc2cc(C(=O)O)ccc21.